The number of benzene rings is 3. The normalized spacial score (nSPS) is 12.1. The van der Waals surface area contributed by atoms with Gasteiger partial charge >= 0.3 is 6.18 Å². The summed E-state index contributed by atoms with van der Waals surface area (Å²) in [7, 11) is 0. The number of thiol groups is 1. The highest BCUT2D eigenvalue weighted by molar-refractivity contribution is 7.80. The van der Waals surface area contributed by atoms with Crippen LogP contribution in [-0.4, -0.2) is 35.6 Å². The van der Waals surface area contributed by atoms with Crippen LogP contribution in [-0.2, 0) is 6.42 Å². The fourth-order valence-corrected chi connectivity index (χ4v) is 4.32. The van der Waals surface area contributed by atoms with Crippen LogP contribution in [0.5, 0.6) is 0 Å². The maximum Gasteiger partial charge on any atom is 0.416 e. The number of aliphatic hydroxyl groups is 1. The van der Waals surface area contributed by atoms with E-state index in [4.69, 9.17) is 0 Å². The number of aliphatic hydroxyl groups excluding tert-OH is 1. The average molecular weight is 630 g/mol. The molecule has 1 amide bonds. The van der Waals surface area contributed by atoms with Gasteiger partial charge in [0, 0.05) is 17.9 Å². The first-order valence-corrected chi connectivity index (χ1v) is 15.6. The summed E-state index contributed by atoms with van der Waals surface area (Å²) in [5.74, 6) is 0.299. The van der Waals surface area contributed by atoms with Gasteiger partial charge in [-0.2, -0.15) is 25.8 Å². The summed E-state index contributed by atoms with van der Waals surface area (Å²) < 4.78 is 35.2. The van der Waals surface area contributed by atoms with Crippen molar-refractivity contribution in [3.8, 4) is 11.1 Å². The number of alkyl halides is 3. The number of aryl methyl sites for hydroxylation is 3. The molecule has 44 heavy (non-hydrogen) atoms. The van der Waals surface area contributed by atoms with Crippen molar-refractivity contribution in [2.24, 2.45) is 5.92 Å². The molecular weight excluding hydrogens is 579 g/mol. The van der Waals surface area contributed by atoms with E-state index in [9.17, 15) is 23.1 Å². The Hall–Kier alpha value is -3.29. The molecule has 3 rings (SSSR count). The quantitative estimate of drug-likeness (QED) is 0.163. The fourth-order valence-electron chi connectivity index (χ4n) is 4.12. The lowest BCUT2D eigenvalue weighted by Gasteiger charge is -2.14. The molecule has 2 unspecified atom stereocenters. The van der Waals surface area contributed by atoms with Gasteiger partial charge in [0.05, 0.1) is 11.7 Å². The van der Waals surface area contributed by atoms with Crippen molar-refractivity contribution in [3.63, 3.8) is 0 Å². The number of hydrogen-bond acceptors (Lipinski definition) is 3. The van der Waals surface area contributed by atoms with E-state index in [0.717, 1.165) is 24.1 Å². The molecule has 0 saturated heterocycles. The lowest BCUT2D eigenvalue weighted by atomic mass is 9.95. The second kappa shape index (κ2) is 22.3. The van der Waals surface area contributed by atoms with Crippen molar-refractivity contribution in [2.45, 2.75) is 73.6 Å². The fraction of sp³-hybridized carbons (Fsp3) is 0.378. The summed E-state index contributed by atoms with van der Waals surface area (Å²) in [4.78, 5) is 11.8. The lowest BCUT2D eigenvalue weighted by molar-refractivity contribution is -0.0882. The van der Waals surface area contributed by atoms with E-state index in [-0.39, 0.29) is 23.7 Å². The summed E-state index contributed by atoms with van der Waals surface area (Å²) in [6, 6.07) is 24.7. The number of hydrogen-bond donors (Lipinski definition) is 3. The van der Waals surface area contributed by atoms with E-state index in [0.29, 0.717) is 18.5 Å². The van der Waals surface area contributed by atoms with E-state index < -0.39 is 11.7 Å². The van der Waals surface area contributed by atoms with E-state index in [1.54, 1.807) is 6.92 Å². The highest BCUT2D eigenvalue weighted by Crippen LogP contribution is 2.27. The van der Waals surface area contributed by atoms with Crippen molar-refractivity contribution >= 4 is 18.5 Å². The molecule has 3 aromatic carbocycles. The Morgan fingerprint density at radius 2 is 1.50 bits per heavy atom. The third-order valence-electron chi connectivity index (χ3n) is 6.36. The van der Waals surface area contributed by atoms with Gasteiger partial charge in [0.1, 0.15) is 0 Å². The molecular formula is C37H50F3NO2S. The van der Waals surface area contributed by atoms with Crippen LogP contribution in [0, 0.1) is 19.8 Å². The van der Waals surface area contributed by atoms with E-state index >= 15 is 0 Å². The van der Waals surface area contributed by atoms with Crippen molar-refractivity contribution in [2.75, 3.05) is 12.3 Å². The van der Waals surface area contributed by atoms with Gasteiger partial charge in [-0.3, -0.25) is 4.79 Å². The molecule has 242 valence electrons. The van der Waals surface area contributed by atoms with Crippen LogP contribution in [0.3, 0.4) is 0 Å². The zero-order valence-electron chi connectivity index (χ0n) is 27.2. The summed E-state index contributed by atoms with van der Waals surface area (Å²) in [5.41, 5.74) is 6.59. The molecule has 0 heterocycles. The third kappa shape index (κ3) is 16.0. The van der Waals surface area contributed by atoms with Crippen LogP contribution in [0.15, 0.2) is 97.1 Å². The zero-order valence-corrected chi connectivity index (χ0v) is 28.1. The third-order valence-corrected chi connectivity index (χ3v) is 6.54. The Morgan fingerprint density at radius 1 is 0.955 bits per heavy atom. The molecule has 0 radical (unpaired) electrons. The summed E-state index contributed by atoms with van der Waals surface area (Å²) >= 11 is 3.62. The van der Waals surface area contributed by atoms with Crippen molar-refractivity contribution in [1.82, 2.24) is 5.32 Å². The molecule has 0 fully saturated rings. The molecule has 0 aromatic heterocycles. The molecule has 3 nitrogen and oxygen atoms in total. The Kier molecular flexibility index (Phi) is 20.6. The topological polar surface area (TPSA) is 49.3 Å². The van der Waals surface area contributed by atoms with Gasteiger partial charge < -0.3 is 10.4 Å². The van der Waals surface area contributed by atoms with Gasteiger partial charge in [-0.05, 0) is 73.9 Å². The molecule has 7 heteroatoms. The van der Waals surface area contributed by atoms with Crippen molar-refractivity contribution < 1.29 is 23.1 Å². The molecule has 0 aliphatic heterocycles. The number of nitrogens with one attached hydrogen (secondary N) is 1. The second-order valence-corrected chi connectivity index (χ2v) is 10.5. The number of rotatable bonds is 9. The standard InChI is InChI=1S/C15H16.C14H21NO2.C6H7F3S.C2H6/c1-3-13-9-5-7-11-15(13)14-10-6-4-8-12(14)2;1-10-4-6-13(7-5-10)14(17)15-9-11(2)8-12(3)16;1-2-5(3-4-10)6(7,8)9;1-2/h4-11H,3H2,1-2H3;4-7,11-12,16H,8-9H2,1-3H3,(H,15,17);2-3,10H,1,4H2;1-2H3/b;;5-3+;. The minimum absolute atomic E-state index is 0.0533. The van der Waals surface area contributed by atoms with Crippen LogP contribution in [0.25, 0.3) is 11.1 Å². The first-order chi connectivity index (χ1) is 20.8. The summed E-state index contributed by atoms with van der Waals surface area (Å²) in [6.45, 7) is 17.8. The van der Waals surface area contributed by atoms with Crippen LogP contribution in [0.4, 0.5) is 13.2 Å². The maximum absolute atomic E-state index is 11.8. The van der Waals surface area contributed by atoms with Gasteiger partial charge in [0.25, 0.3) is 5.91 Å². The molecule has 0 aliphatic carbocycles. The molecule has 2 atom stereocenters. The van der Waals surface area contributed by atoms with Crippen molar-refractivity contribution in [1.29, 1.82) is 0 Å². The van der Waals surface area contributed by atoms with Gasteiger partial charge in [0.15, 0.2) is 0 Å². The van der Waals surface area contributed by atoms with Crippen LogP contribution >= 0.6 is 12.6 Å². The van der Waals surface area contributed by atoms with Gasteiger partial charge in [0.2, 0.25) is 0 Å². The smallest absolute Gasteiger partial charge is 0.393 e. The Morgan fingerprint density at radius 3 is 1.95 bits per heavy atom. The zero-order chi connectivity index (χ0) is 33.7. The van der Waals surface area contributed by atoms with E-state index in [2.05, 4.69) is 86.9 Å². The van der Waals surface area contributed by atoms with Crippen molar-refractivity contribution in [3.05, 3.63) is 119 Å². The first-order valence-electron chi connectivity index (χ1n) is 15.0. The number of carbonyl (C=O) groups excluding carboxylic acids is 1. The highest BCUT2D eigenvalue weighted by atomic mass is 32.1. The predicted octanol–water partition coefficient (Wildman–Crippen LogP) is 9.97. The Balaban J connectivity index is 0.000000632. The molecule has 0 aliphatic rings. The number of carbonyl (C=O) groups is 1. The van der Waals surface area contributed by atoms with Crippen LogP contribution in [0.1, 0.15) is 68.1 Å². The number of halogens is 3. The first kappa shape index (κ1) is 40.7. The van der Waals surface area contributed by atoms with E-state index in [1.807, 2.05) is 52.0 Å². The molecule has 0 bridgehead atoms. The summed E-state index contributed by atoms with van der Waals surface area (Å²) in [6.07, 6.45) is -1.07. The molecule has 0 saturated carbocycles. The minimum Gasteiger partial charge on any atom is -0.393 e. The Labute approximate surface area is 268 Å². The molecule has 0 spiro atoms. The Bertz CT molecular complexity index is 1270. The van der Waals surface area contributed by atoms with Crippen LogP contribution < -0.4 is 5.32 Å². The molecule has 3 aromatic rings. The average Bonchev–Trinajstić information content (AvgIpc) is 3.00. The number of amides is 1. The van der Waals surface area contributed by atoms with Gasteiger partial charge in [-0.25, -0.2) is 0 Å². The minimum atomic E-state index is -4.29. The molecule has 2 N–H and O–H groups in total. The van der Waals surface area contributed by atoms with Gasteiger partial charge in [-0.1, -0.05) is 113 Å². The maximum atomic E-state index is 11.8. The highest BCUT2D eigenvalue weighted by Gasteiger charge is 2.30. The van der Waals surface area contributed by atoms with Crippen LogP contribution in [0.2, 0.25) is 0 Å². The second-order valence-electron chi connectivity index (χ2n) is 10.1. The summed E-state index contributed by atoms with van der Waals surface area (Å²) in [5, 5.41) is 12.1. The van der Waals surface area contributed by atoms with Gasteiger partial charge in [-0.15, -0.1) is 0 Å². The lowest BCUT2D eigenvalue weighted by Crippen LogP contribution is -2.29. The SMILES string of the molecule is C=C/C(=C\CS)C(F)(F)F.CC.CCc1ccccc1-c1ccccc1C.Cc1ccc(C(=O)NCC(C)CC(C)O)cc1. The largest absolute Gasteiger partial charge is 0.416 e. The predicted molar refractivity (Wildman–Crippen MR) is 185 cm³/mol. The monoisotopic (exact) mass is 629 g/mol. The van der Waals surface area contributed by atoms with E-state index in [1.165, 1.54) is 22.3 Å². The number of allylic oxidation sites excluding steroid dienone is 2.